The summed E-state index contributed by atoms with van der Waals surface area (Å²) in [6.45, 7) is 3.01. The van der Waals surface area contributed by atoms with Gasteiger partial charge < -0.3 is 4.74 Å². The minimum absolute atomic E-state index is 0. The fraction of sp³-hybridized carbons (Fsp3) is 0.250. The van der Waals surface area contributed by atoms with E-state index in [1.807, 2.05) is 0 Å². The summed E-state index contributed by atoms with van der Waals surface area (Å²) in [5.41, 5.74) is 0. The zero-order chi connectivity index (χ0) is 8.20. The van der Waals surface area contributed by atoms with Crippen molar-refractivity contribution in [3.8, 4) is 0 Å². The van der Waals surface area contributed by atoms with E-state index in [1.165, 1.54) is 0 Å². The first-order valence-electron chi connectivity index (χ1n) is 2.21. The Morgan fingerprint density at radius 1 is 1.64 bits per heavy atom. The molecule has 0 aromatic carbocycles. The Bertz CT molecular complexity index is 231. The number of hydrogen-bond donors (Lipinski definition) is 1. The van der Waals surface area contributed by atoms with E-state index in [0.29, 0.717) is 0 Å². The van der Waals surface area contributed by atoms with Crippen molar-refractivity contribution >= 4 is 45.6 Å². The third kappa shape index (κ3) is 10.1. The summed E-state index contributed by atoms with van der Waals surface area (Å²) >= 11 is 0. The monoisotopic (exact) mass is 190 g/mol. The number of hydrogen-bond acceptors (Lipinski definition) is 4. The molecule has 0 aliphatic carbocycles. The van der Waals surface area contributed by atoms with Crippen LogP contribution in [0, 0.1) is 0 Å². The van der Waals surface area contributed by atoms with Gasteiger partial charge in [0.2, 0.25) is 0 Å². The van der Waals surface area contributed by atoms with E-state index in [0.717, 1.165) is 6.26 Å². The van der Waals surface area contributed by atoms with Crippen molar-refractivity contribution in [3.05, 3.63) is 12.8 Å². The predicted molar refractivity (Wildman–Crippen MR) is 39.9 cm³/mol. The van der Waals surface area contributed by atoms with Crippen LogP contribution in [0.25, 0.3) is 0 Å². The van der Waals surface area contributed by atoms with Gasteiger partial charge in [-0.2, -0.15) is 8.42 Å². The van der Waals surface area contributed by atoms with E-state index in [2.05, 4.69) is 11.3 Å². The van der Waals surface area contributed by atoms with Gasteiger partial charge in [-0.05, 0) is 0 Å². The third-order valence-electron chi connectivity index (χ3n) is 0.515. The van der Waals surface area contributed by atoms with Crippen LogP contribution >= 0.6 is 0 Å². The number of carbonyl (C=O) groups is 1. The first-order valence-corrected chi connectivity index (χ1v) is 3.82. The van der Waals surface area contributed by atoms with Crippen LogP contribution in [-0.4, -0.2) is 54.2 Å². The number of carbonyl (C=O) groups excluding carboxylic acids is 1. The Hall–Kier alpha value is 0.120. The second kappa shape index (κ2) is 5.73. The molecule has 7 heteroatoms. The molecule has 0 aromatic heterocycles. The molecule has 0 saturated carbocycles. The zero-order valence-electron chi connectivity index (χ0n) is 4.98. The molecule has 0 fully saturated rings. The molecular weight excluding hydrogens is 183 g/mol. The minimum atomic E-state index is -4.27. The van der Waals surface area contributed by atoms with Gasteiger partial charge in [-0.25, -0.2) is 0 Å². The molecule has 0 spiro atoms. The van der Waals surface area contributed by atoms with E-state index < -0.39 is 21.8 Å². The molecule has 0 saturated heterocycles. The van der Waals surface area contributed by atoms with Gasteiger partial charge in [0, 0.05) is 0 Å². The summed E-state index contributed by atoms with van der Waals surface area (Å²) in [4.78, 5) is 10.2. The Morgan fingerprint density at radius 2 is 2.09 bits per heavy atom. The van der Waals surface area contributed by atoms with Crippen molar-refractivity contribution in [2.45, 2.75) is 0 Å². The topological polar surface area (TPSA) is 80.7 Å². The van der Waals surface area contributed by atoms with Crippen molar-refractivity contribution < 1.29 is 22.5 Å². The molecule has 0 heterocycles. The quantitative estimate of drug-likeness (QED) is 0.265. The molecule has 0 radical (unpaired) electrons. The average Bonchev–Trinajstić information content (AvgIpc) is 1.59. The molecule has 0 unspecified atom stereocenters. The van der Waals surface area contributed by atoms with Crippen LogP contribution in [0.2, 0.25) is 0 Å². The van der Waals surface area contributed by atoms with Crippen LogP contribution in [0.15, 0.2) is 12.8 Å². The van der Waals surface area contributed by atoms with E-state index in [9.17, 15) is 13.2 Å². The van der Waals surface area contributed by atoms with Crippen molar-refractivity contribution in [3.63, 3.8) is 0 Å². The summed E-state index contributed by atoms with van der Waals surface area (Å²) in [7, 11) is -4.27. The van der Waals surface area contributed by atoms with E-state index in [-0.39, 0.29) is 29.6 Å². The fourth-order valence-corrected chi connectivity index (χ4v) is 0.642. The van der Waals surface area contributed by atoms with E-state index >= 15 is 0 Å². The van der Waals surface area contributed by atoms with Crippen molar-refractivity contribution in [2.24, 2.45) is 0 Å². The van der Waals surface area contributed by atoms with Gasteiger partial charge in [0.05, 0.1) is 6.26 Å². The molecule has 0 aliphatic heterocycles. The average molecular weight is 190 g/mol. The molecule has 0 rings (SSSR count). The van der Waals surface area contributed by atoms with Crippen LogP contribution in [0.5, 0.6) is 0 Å². The molecule has 0 bridgehead atoms. The van der Waals surface area contributed by atoms with Gasteiger partial charge in [-0.15, -0.1) is 0 Å². The molecule has 0 amide bonds. The van der Waals surface area contributed by atoms with Gasteiger partial charge in [0.1, 0.15) is 0 Å². The summed E-state index contributed by atoms with van der Waals surface area (Å²) < 4.78 is 31.9. The second-order valence-electron chi connectivity index (χ2n) is 1.38. The number of ether oxygens (including phenoxy) is 1. The molecule has 1 N–H and O–H groups in total. The van der Waals surface area contributed by atoms with Crippen LogP contribution < -0.4 is 0 Å². The standard InChI is InChI=1S/C4H6O5S.Na.H/c1-2-9-4(5)3-10(6,7)8;;/h2H,1,3H2,(H,6,7,8);;. The molecule has 0 aromatic rings. The van der Waals surface area contributed by atoms with Gasteiger partial charge in [0.15, 0.2) is 5.75 Å². The SMILES string of the molecule is C=COC(=O)CS(=O)(=O)O.[NaH]. The molecule has 11 heavy (non-hydrogen) atoms. The van der Waals surface area contributed by atoms with E-state index in [4.69, 9.17) is 4.55 Å². The summed E-state index contributed by atoms with van der Waals surface area (Å²) in [6.07, 6.45) is 0.785. The van der Waals surface area contributed by atoms with Crippen LogP contribution in [0.4, 0.5) is 0 Å². The van der Waals surface area contributed by atoms with Crippen molar-refractivity contribution in [1.29, 1.82) is 0 Å². The maximum atomic E-state index is 10.2. The fourth-order valence-electron chi connectivity index (χ4n) is 0.276. The number of rotatable bonds is 3. The normalized spacial score (nSPS) is 9.55. The Labute approximate surface area is 86.5 Å². The summed E-state index contributed by atoms with van der Waals surface area (Å²) in [5, 5.41) is 0. The van der Waals surface area contributed by atoms with Gasteiger partial charge in [0.25, 0.3) is 10.1 Å². The Morgan fingerprint density at radius 3 is 2.36 bits per heavy atom. The molecule has 0 aliphatic rings. The van der Waals surface area contributed by atoms with Crippen LogP contribution in [0.3, 0.4) is 0 Å². The molecule has 5 nitrogen and oxygen atoms in total. The Balaban J connectivity index is 0. The van der Waals surface area contributed by atoms with Crippen LogP contribution in [0.1, 0.15) is 0 Å². The first-order chi connectivity index (χ1) is 4.45. The van der Waals surface area contributed by atoms with Crippen molar-refractivity contribution in [2.75, 3.05) is 5.75 Å². The van der Waals surface area contributed by atoms with Crippen molar-refractivity contribution in [1.82, 2.24) is 0 Å². The van der Waals surface area contributed by atoms with Gasteiger partial charge in [-0.3, -0.25) is 9.35 Å². The Kier molecular flexibility index (Phi) is 7.13. The molecule has 0 atom stereocenters. The molecular formula is C4H7NaO5S. The van der Waals surface area contributed by atoms with E-state index in [1.54, 1.807) is 0 Å². The summed E-state index contributed by atoms with van der Waals surface area (Å²) in [5.74, 6) is -2.10. The second-order valence-corrected chi connectivity index (χ2v) is 2.84. The number of esters is 1. The summed E-state index contributed by atoms with van der Waals surface area (Å²) in [6, 6.07) is 0. The first kappa shape index (κ1) is 13.7. The van der Waals surface area contributed by atoms with Gasteiger partial charge in [-0.1, -0.05) is 6.58 Å². The zero-order valence-corrected chi connectivity index (χ0v) is 5.80. The molecule has 60 valence electrons. The maximum absolute atomic E-state index is 10.2. The van der Waals surface area contributed by atoms with Gasteiger partial charge >= 0.3 is 35.5 Å². The third-order valence-corrected chi connectivity index (χ3v) is 1.12. The predicted octanol–water partition coefficient (Wildman–Crippen LogP) is -1.09. The van der Waals surface area contributed by atoms with Crippen LogP contribution in [-0.2, 0) is 19.6 Å².